The number of carboxylic acid groups (broad SMARTS) is 1. The number of hydrogen-bond donors (Lipinski definition) is 1. The number of rotatable bonds is 4. The third kappa shape index (κ3) is 2.30. The van der Waals surface area contributed by atoms with Crippen molar-refractivity contribution in [2.24, 2.45) is 0 Å². The monoisotopic (exact) mass is 244 g/mol. The van der Waals surface area contributed by atoms with Crippen LogP contribution in [0.15, 0.2) is 24.5 Å². The number of carboxylic acids is 1. The van der Waals surface area contributed by atoms with Gasteiger partial charge >= 0.3 is 5.97 Å². The normalized spacial score (nSPS) is 13.1. The van der Waals surface area contributed by atoms with Crippen molar-refractivity contribution in [1.29, 1.82) is 0 Å². The van der Waals surface area contributed by atoms with E-state index in [1.54, 1.807) is 0 Å². The van der Waals surface area contributed by atoms with Crippen LogP contribution < -0.4 is 4.31 Å². The highest BCUT2D eigenvalue weighted by Gasteiger charge is 2.31. The average molecular weight is 244 g/mol. The third-order valence-electron chi connectivity index (χ3n) is 2.20. The molecule has 1 atom stereocenters. The molecular weight excluding hydrogens is 232 g/mol. The summed E-state index contributed by atoms with van der Waals surface area (Å²) in [4.78, 5) is 14.4. The van der Waals surface area contributed by atoms with Crippen LogP contribution in [-0.4, -0.2) is 36.8 Å². The van der Waals surface area contributed by atoms with Gasteiger partial charge in [0.15, 0.2) is 5.25 Å². The molecule has 0 aliphatic rings. The predicted octanol–water partition coefficient (Wildman–Crippen LogP) is 0.321. The molecule has 0 bridgehead atoms. The summed E-state index contributed by atoms with van der Waals surface area (Å²) in [7, 11) is -2.58. The number of sulfonamides is 1. The average Bonchev–Trinajstić information content (AvgIpc) is 2.28. The molecule has 6 nitrogen and oxygen atoms in total. The van der Waals surface area contributed by atoms with Crippen molar-refractivity contribution in [1.82, 2.24) is 4.98 Å². The Morgan fingerprint density at radius 2 is 1.94 bits per heavy atom. The Labute approximate surface area is 93.6 Å². The fourth-order valence-electron chi connectivity index (χ4n) is 1.07. The molecule has 0 fully saturated rings. The summed E-state index contributed by atoms with van der Waals surface area (Å²) in [5, 5.41) is 7.21. The van der Waals surface area contributed by atoms with Crippen molar-refractivity contribution >= 4 is 21.7 Å². The van der Waals surface area contributed by atoms with Crippen LogP contribution in [0.4, 0.5) is 5.69 Å². The van der Waals surface area contributed by atoms with Crippen molar-refractivity contribution < 1.29 is 18.3 Å². The molecule has 0 spiro atoms. The molecule has 1 N–H and O–H groups in total. The maximum Gasteiger partial charge on any atom is 0.323 e. The lowest BCUT2D eigenvalue weighted by molar-refractivity contribution is -0.136. The predicted molar refractivity (Wildman–Crippen MR) is 58.7 cm³/mol. The highest BCUT2D eigenvalue weighted by atomic mass is 32.2. The van der Waals surface area contributed by atoms with Crippen molar-refractivity contribution in [3.63, 3.8) is 0 Å². The van der Waals surface area contributed by atoms with Gasteiger partial charge in [-0.1, -0.05) is 0 Å². The quantitative estimate of drug-likeness (QED) is 0.824. The SMILES string of the molecule is CC(C(=O)O)S(=O)(=O)N(C)c1ccncc1. The Morgan fingerprint density at radius 3 is 2.38 bits per heavy atom. The molecule has 0 amide bonds. The zero-order valence-corrected chi connectivity index (χ0v) is 9.68. The smallest absolute Gasteiger partial charge is 0.323 e. The number of hydrogen-bond acceptors (Lipinski definition) is 4. The fraction of sp³-hybridized carbons (Fsp3) is 0.333. The zero-order valence-electron chi connectivity index (χ0n) is 8.86. The van der Waals surface area contributed by atoms with Crippen LogP contribution >= 0.6 is 0 Å². The molecule has 0 saturated carbocycles. The summed E-state index contributed by atoms with van der Waals surface area (Å²) in [6.07, 6.45) is 2.87. The summed E-state index contributed by atoms with van der Waals surface area (Å²) >= 11 is 0. The number of pyridine rings is 1. The zero-order chi connectivity index (χ0) is 12.3. The molecule has 0 radical (unpaired) electrons. The van der Waals surface area contributed by atoms with E-state index >= 15 is 0 Å². The van der Waals surface area contributed by atoms with Crippen LogP contribution in [0.5, 0.6) is 0 Å². The number of carbonyl (C=O) groups is 1. The molecule has 7 heteroatoms. The van der Waals surface area contributed by atoms with Gasteiger partial charge < -0.3 is 5.11 Å². The summed E-state index contributed by atoms with van der Waals surface area (Å²) in [6.45, 7) is 1.13. The molecule has 1 heterocycles. The van der Waals surface area contributed by atoms with Crippen LogP contribution in [0.25, 0.3) is 0 Å². The molecule has 0 aliphatic carbocycles. The second kappa shape index (κ2) is 4.48. The minimum atomic E-state index is -3.89. The maximum atomic E-state index is 11.8. The van der Waals surface area contributed by atoms with Crippen LogP contribution in [0.2, 0.25) is 0 Å². The lowest BCUT2D eigenvalue weighted by atomic mass is 10.4. The summed E-state index contributed by atoms with van der Waals surface area (Å²) in [5.74, 6) is -1.37. The first kappa shape index (κ1) is 12.4. The highest BCUT2D eigenvalue weighted by molar-refractivity contribution is 7.94. The van der Waals surface area contributed by atoms with Gasteiger partial charge in [-0.15, -0.1) is 0 Å². The van der Waals surface area contributed by atoms with Crippen molar-refractivity contribution in [2.75, 3.05) is 11.4 Å². The van der Waals surface area contributed by atoms with E-state index in [0.29, 0.717) is 5.69 Å². The molecule has 16 heavy (non-hydrogen) atoms. The molecule has 1 rings (SSSR count). The lowest BCUT2D eigenvalue weighted by Crippen LogP contribution is -2.38. The molecule has 0 aromatic carbocycles. The third-order valence-corrected chi connectivity index (χ3v) is 4.27. The van der Waals surface area contributed by atoms with Gasteiger partial charge in [-0.25, -0.2) is 8.42 Å². The van der Waals surface area contributed by atoms with Gasteiger partial charge in [0.2, 0.25) is 10.0 Å². The van der Waals surface area contributed by atoms with Crippen molar-refractivity contribution in [3.05, 3.63) is 24.5 Å². The van der Waals surface area contributed by atoms with Crippen LogP contribution in [0.3, 0.4) is 0 Å². The van der Waals surface area contributed by atoms with E-state index in [2.05, 4.69) is 4.98 Å². The van der Waals surface area contributed by atoms with Gasteiger partial charge in [-0.2, -0.15) is 0 Å². The van der Waals surface area contributed by atoms with E-state index in [4.69, 9.17) is 5.11 Å². The second-order valence-corrected chi connectivity index (χ2v) is 5.48. The van der Waals surface area contributed by atoms with Gasteiger partial charge in [0.1, 0.15) is 0 Å². The van der Waals surface area contributed by atoms with E-state index in [9.17, 15) is 13.2 Å². The Kier molecular flexibility index (Phi) is 3.48. The first-order chi connectivity index (χ1) is 7.37. The molecule has 88 valence electrons. The Morgan fingerprint density at radius 1 is 1.44 bits per heavy atom. The van der Waals surface area contributed by atoms with E-state index < -0.39 is 21.2 Å². The summed E-state index contributed by atoms with van der Waals surface area (Å²) in [5.41, 5.74) is 0.378. The van der Waals surface area contributed by atoms with E-state index in [1.165, 1.54) is 31.6 Å². The van der Waals surface area contributed by atoms with Crippen LogP contribution in [0.1, 0.15) is 6.92 Å². The van der Waals surface area contributed by atoms with E-state index in [-0.39, 0.29) is 0 Å². The first-order valence-corrected chi connectivity index (χ1v) is 5.98. The topological polar surface area (TPSA) is 87.6 Å². The fourth-order valence-corrected chi connectivity index (χ4v) is 2.21. The van der Waals surface area contributed by atoms with Gasteiger partial charge in [0.05, 0.1) is 5.69 Å². The number of anilines is 1. The molecule has 1 aromatic rings. The molecule has 0 aliphatic heterocycles. The Bertz CT molecular complexity index is 472. The standard InChI is InChI=1S/C9H12N2O4S/c1-7(9(12)13)16(14,15)11(2)8-3-5-10-6-4-8/h3-7H,1-2H3,(H,12,13). The minimum Gasteiger partial charge on any atom is -0.480 e. The summed E-state index contributed by atoms with van der Waals surface area (Å²) < 4.78 is 24.5. The maximum absolute atomic E-state index is 11.8. The number of aromatic nitrogens is 1. The van der Waals surface area contributed by atoms with Crippen molar-refractivity contribution in [3.8, 4) is 0 Å². The molecule has 0 saturated heterocycles. The number of aliphatic carboxylic acids is 1. The van der Waals surface area contributed by atoms with Gasteiger partial charge in [0.25, 0.3) is 0 Å². The molecule has 1 unspecified atom stereocenters. The molecular formula is C9H12N2O4S. The van der Waals surface area contributed by atoms with Gasteiger partial charge in [-0.3, -0.25) is 14.1 Å². The van der Waals surface area contributed by atoms with Gasteiger partial charge in [0, 0.05) is 19.4 Å². The number of nitrogens with zero attached hydrogens (tertiary/aromatic N) is 2. The Hall–Kier alpha value is -1.63. The van der Waals surface area contributed by atoms with Gasteiger partial charge in [-0.05, 0) is 19.1 Å². The van der Waals surface area contributed by atoms with Crippen LogP contribution in [-0.2, 0) is 14.8 Å². The largest absolute Gasteiger partial charge is 0.480 e. The van der Waals surface area contributed by atoms with Crippen molar-refractivity contribution in [2.45, 2.75) is 12.2 Å². The van der Waals surface area contributed by atoms with Crippen LogP contribution in [0, 0.1) is 0 Å². The highest BCUT2D eigenvalue weighted by Crippen LogP contribution is 2.17. The van der Waals surface area contributed by atoms with E-state index in [1.807, 2.05) is 0 Å². The minimum absolute atomic E-state index is 0.378. The van der Waals surface area contributed by atoms with E-state index in [0.717, 1.165) is 11.2 Å². The molecule has 1 aromatic heterocycles. The Balaban J connectivity index is 3.07. The summed E-state index contributed by atoms with van der Waals surface area (Å²) in [6, 6.07) is 2.98. The first-order valence-electron chi connectivity index (χ1n) is 4.48. The lowest BCUT2D eigenvalue weighted by Gasteiger charge is -2.21. The second-order valence-electron chi connectivity index (χ2n) is 3.20.